The van der Waals surface area contributed by atoms with Crippen molar-refractivity contribution in [3.63, 3.8) is 0 Å². The molecule has 242 valence electrons. The molecule has 7 heterocycles. The summed E-state index contributed by atoms with van der Waals surface area (Å²) in [6, 6.07) is 0. The number of aliphatic hydroxyl groups is 2. The lowest BCUT2D eigenvalue weighted by atomic mass is 10.1. The molecule has 10 atom stereocenters. The average molecular weight is 708 g/mol. The molecular formula is C19H23N11O11P2S2. The van der Waals surface area contributed by atoms with Crippen LogP contribution < -0.4 is 17.0 Å². The Bertz CT molecular complexity index is 1940. The van der Waals surface area contributed by atoms with Gasteiger partial charge in [0.2, 0.25) is 5.95 Å². The van der Waals surface area contributed by atoms with Crippen LogP contribution in [0.2, 0.25) is 0 Å². The minimum atomic E-state index is -4.38. The van der Waals surface area contributed by atoms with Gasteiger partial charge >= 0.3 is 13.5 Å². The lowest BCUT2D eigenvalue weighted by Crippen LogP contribution is -2.36. The molecule has 0 radical (unpaired) electrons. The molecule has 0 spiro atoms. The van der Waals surface area contributed by atoms with Crippen LogP contribution in [-0.2, 0) is 43.9 Å². The van der Waals surface area contributed by atoms with Gasteiger partial charge in [0.15, 0.2) is 40.6 Å². The molecule has 2 bridgehead atoms. The molecule has 3 aliphatic heterocycles. The van der Waals surface area contributed by atoms with Crippen LogP contribution in [0.5, 0.6) is 0 Å². The molecule has 3 fully saturated rings. The molecule has 0 saturated carbocycles. The number of nitrogens with two attached hydrogens (primary N) is 2. The summed E-state index contributed by atoms with van der Waals surface area (Å²) in [6.07, 6.45) is -8.91. The van der Waals surface area contributed by atoms with Crippen LogP contribution in [0.3, 0.4) is 0 Å². The first-order valence-electron chi connectivity index (χ1n) is 12.8. The maximum Gasteiger partial charge on any atom is 0.386 e. The highest BCUT2D eigenvalue weighted by Crippen LogP contribution is 2.58. The number of nitrogens with zero attached hydrogens (tertiary/aromatic N) is 8. The molecule has 3 saturated heterocycles. The number of aromatic amines is 1. The molecule has 8 N–H and O–H groups in total. The van der Waals surface area contributed by atoms with Crippen molar-refractivity contribution < 1.29 is 47.2 Å². The smallest absolute Gasteiger partial charge is 0.386 e. The van der Waals surface area contributed by atoms with E-state index in [0.717, 1.165) is 11.0 Å². The number of nitrogens with one attached hydrogen (secondary N) is 1. The van der Waals surface area contributed by atoms with Crippen molar-refractivity contribution in [2.75, 3.05) is 24.7 Å². The first kappa shape index (κ1) is 30.9. The Morgan fingerprint density at radius 3 is 2.56 bits per heavy atom. The number of hydrogen-bond acceptors (Lipinski definition) is 19. The molecule has 3 aliphatic rings. The number of rotatable bonds is 2. The van der Waals surface area contributed by atoms with Gasteiger partial charge in [-0.3, -0.25) is 27.9 Å². The van der Waals surface area contributed by atoms with E-state index in [9.17, 15) is 24.5 Å². The van der Waals surface area contributed by atoms with Crippen LogP contribution in [0.1, 0.15) is 12.5 Å². The molecule has 5 unspecified atom stereocenters. The van der Waals surface area contributed by atoms with E-state index >= 15 is 0 Å². The second-order valence-corrected chi connectivity index (χ2v) is 15.7. The Morgan fingerprint density at radius 1 is 1.00 bits per heavy atom. The van der Waals surface area contributed by atoms with E-state index in [1.54, 1.807) is 0 Å². The van der Waals surface area contributed by atoms with Crippen molar-refractivity contribution >= 4 is 71.7 Å². The minimum Gasteiger partial charge on any atom is -0.387 e. The fourth-order valence-electron chi connectivity index (χ4n) is 5.17. The molecule has 0 amide bonds. The number of fused-ring (bicyclic) bond motifs is 5. The minimum absolute atomic E-state index is 0.0281. The van der Waals surface area contributed by atoms with Crippen molar-refractivity contribution in [1.82, 2.24) is 44.5 Å². The Labute approximate surface area is 259 Å². The maximum atomic E-state index is 13.5. The summed E-state index contributed by atoms with van der Waals surface area (Å²) in [5.74, 6) is -0.199. The Kier molecular flexibility index (Phi) is 7.71. The SMILES string of the molecule is Nc1nc2c(ncn2[C@@H]2O[C@@H]3COP(O)(=S)OC4[C@@H](COP(=O)(S)OC2C3O)O[C@@H](n2nnc3c(N)ncnc32)[C@H]4O)c(=O)[nH]1. The van der Waals surface area contributed by atoms with Crippen LogP contribution in [0.15, 0.2) is 17.4 Å². The molecular weight excluding hydrogens is 684 g/mol. The van der Waals surface area contributed by atoms with Gasteiger partial charge in [0, 0.05) is 0 Å². The zero-order chi connectivity index (χ0) is 31.8. The van der Waals surface area contributed by atoms with Crippen LogP contribution in [0, 0.1) is 0 Å². The lowest BCUT2D eigenvalue weighted by Gasteiger charge is -2.27. The summed E-state index contributed by atoms with van der Waals surface area (Å²) >= 11 is 9.26. The number of hydrogen-bond donors (Lipinski definition) is 7. The highest BCUT2D eigenvalue weighted by molar-refractivity contribution is 8.44. The highest BCUT2D eigenvalue weighted by Gasteiger charge is 2.53. The number of imidazole rings is 1. The normalized spacial score (nSPS) is 37.7. The van der Waals surface area contributed by atoms with Gasteiger partial charge in [-0.15, -0.1) is 5.10 Å². The van der Waals surface area contributed by atoms with Gasteiger partial charge in [-0.1, -0.05) is 17.5 Å². The van der Waals surface area contributed by atoms with Gasteiger partial charge in [0.25, 0.3) is 5.56 Å². The van der Waals surface area contributed by atoms with Crippen molar-refractivity contribution in [3.8, 4) is 0 Å². The summed E-state index contributed by atoms with van der Waals surface area (Å²) in [5, 5.41) is 30.2. The predicted octanol–water partition coefficient (Wildman–Crippen LogP) is -1.89. The number of nitrogen functional groups attached to an aromatic ring is 2. The first-order valence-corrected chi connectivity index (χ1v) is 18.1. The highest BCUT2D eigenvalue weighted by atomic mass is 32.7. The number of thiol groups is 1. The number of aliphatic hydroxyl groups excluding tert-OH is 2. The first-order chi connectivity index (χ1) is 21.3. The molecule has 4 aromatic heterocycles. The fourth-order valence-corrected chi connectivity index (χ4v) is 8.07. The summed E-state index contributed by atoms with van der Waals surface area (Å²) in [4.78, 5) is 41.6. The quantitative estimate of drug-likeness (QED) is 0.0884. The molecule has 45 heavy (non-hydrogen) atoms. The van der Waals surface area contributed by atoms with Crippen LogP contribution >= 0.6 is 25.8 Å². The zero-order valence-corrected chi connectivity index (χ0v) is 25.8. The second kappa shape index (κ2) is 11.2. The van der Waals surface area contributed by atoms with Crippen LogP contribution in [-0.4, -0.2) is 109 Å². The Morgan fingerprint density at radius 2 is 1.76 bits per heavy atom. The van der Waals surface area contributed by atoms with E-state index in [2.05, 4.69) is 47.5 Å². The zero-order valence-electron chi connectivity index (χ0n) is 22.3. The van der Waals surface area contributed by atoms with Gasteiger partial charge in [-0.2, -0.15) is 9.67 Å². The van der Waals surface area contributed by atoms with E-state index in [1.165, 1.54) is 10.9 Å². The summed E-state index contributed by atoms with van der Waals surface area (Å²) < 4.78 is 50.1. The third-order valence-corrected chi connectivity index (χ3v) is 10.4. The Hall–Kier alpha value is -2.70. The van der Waals surface area contributed by atoms with Crippen LogP contribution in [0.4, 0.5) is 11.8 Å². The number of H-pyrrole nitrogens is 1. The number of ether oxygens (including phenoxy) is 2. The molecule has 0 aliphatic carbocycles. The summed E-state index contributed by atoms with van der Waals surface area (Å²) in [5.41, 5.74) is 11.0. The summed E-state index contributed by atoms with van der Waals surface area (Å²) in [7, 11) is 0. The van der Waals surface area contributed by atoms with E-state index < -0.39 is 81.4 Å². The van der Waals surface area contributed by atoms with Gasteiger partial charge in [-0.25, -0.2) is 19.5 Å². The third-order valence-electron chi connectivity index (χ3n) is 7.19. The van der Waals surface area contributed by atoms with Gasteiger partial charge in [0.1, 0.15) is 43.0 Å². The second-order valence-electron chi connectivity index (χ2n) is 10.0. The Balaban J connectivity index is 1.21. The molecule has 26 heteroatoms. The topological polar surface area (TPSA) is 305 Å². The standard InChI is InChI=1S/C19H23N11O11P2S2/c20-13-7-14(23-3-22-13)30(28-27-7)17-10(32)11-6(39-17)2-37-43(35,45)41-12-9(31)5(1-36-42(34,44)40-11)38-18(12)29-4-24-8-15(29)25-19(21)26-16(8)33/h3-6,9-12,17-18,31-32H,1-2H2,(H,34,44)(H,35,45)(H2,20,22,23)(H3,21,25,26,33)/t5-,6-,9?,10+,11?,12?,17-,18-,42?,43?/m1/s1. The van der Waals surface area contributed by atoms with Gasteiger partial charge < -0.3 is 40.6 Å². The monoisotopic (exact) mass is 707 g/mol. The average Bonchev–Trinajstić information content (AvgIpc) is 3.72. The van der Waals surface area contributed by atoms with Crippen molar-refractivity contribution in [2.24, 2.45) is 0 Å². The van der Waals surface area contributed by atoms with E-state index in [4.69, 9.17) is 50.8 Å². The molecule has 7 rings (SSSR count). The van der Waals surface area contributed by atoms with Crippen molar-refractivity contribution in [3.05, 3.63) is 23.0 Å². The van der Waals surface area contributed by atoms with Crippen molar-refractivity contribution in [2.45, 2.75) is 49.1 Å². The molecule has 22 nitrogen and oxygen atoms in total. The molecule has 4 aromatic rings. The lowest BCUT2D eigenvalue weighted by molar-refractivity contribution is -0.0615. The van der Waals surface area contributed by atoms with Crippen LogP contribution in [0.25, 0.3) is 22.3 Å². The van der Waals surface area contributed by atoms with E-state index in [0.29, 0.717) is 0 Å². The third kappa shape index (κ3) is 5.54. The number of anilines is 2. The summed E-state index contributed by atoms with van der Waals surface area (Å²) in [6.45, 7) is -9.75. The largest absolute Gasteiger partial charge is 0.387 e. The van der Waals surface area contributed by atoms with E-state index in [1.807, 2.05) is 0 Å². The van der Waals surface area contributed by atoms with Gasteiger partial charge in [-0.05, 0) is 11.8 Å². The predicted molar refractivity (Wildman–Crippen MR) is 155 cm³/mol. The molecule has 0 aromatic carbocycles. The van der Waals surface area contributed by atoms with Crippen molar-refractivity contribution in [1.29, 1.82) is 0 Å². The van der Waals surface area contributed by atoms with Gasteiger partial charge in [0.05, 0.1) is 19.5 Å². The maximum absolute atomic E-state index is 13.5. The number of aromatic nitrogens is 9. The van der Waals surface area contributed by atoms with E-state index in [-0.39, 0.29) is 34.1 Å². The fraction of sp³-hybridized carbons (Fsp3) is 0.526.